The summed E-state index contributed by atoms with van der Waals surface area (Å²) in [6, 6.07) is 10.9. The van der Waals surface area contributed by atoms with Crippen LogP contribution in [0.4, 0.5) is 15.9 Å². The second-order valence-electron chi connectivity index (χ2n) is 11.5. The molecular formula is C31H37FN6O4S2. The van der Waals surface area contributed by atoms with E-state index in [2.05, 4.69) is 21.1 Å². The number of nitrogens with zero attached hydrogens (tertiary/aromatic N) is 3. The highest BCUT2D eigenvalue weighted by molar-refractivity contribution is 7.92. The Morgan fingerprint density at radius 1 is 1.14 bits per heavy atom. The van der Waals surface area contributed by atoms with Crippen molar-refractivity contribution in [2.45, 2.75) is 56.9 Å². The van der Waals surface area contributed by atoms with Crippen LogP contribution in [-0.4, -0.2) is 55.8 Å². The number of imidazole rings is 1. The Bertz CT molecular complexity index is 1970. The first-order chi connectivity index (χ1) is 20.7. The van der Waals surface area contributed by atoms with Gasteiger partial charge in [-0.25, -0.2) is 31.2 Å². The number of sulfone groups is 1. The number of hydrogen-bond acceptors (Lipinski definition) is 8. The summed E-state index contributed by atoms with van der Waals surface area (Å²) in [6.07, 6.45) is 7.39. The SMILES string of the molecule is Cc1ccccc1S(=O)(=O)Nc1ccc(-c2nc(C(C)C)n3c(C4=CCC(NCCS(C)(=O)=O)CC4)cnc(N)c23)cc1F. The van der Waals surface area contributed by atoms with E-state index in [9.17, 15) is 16.8 Å². The van der Waals surface area contributed by atoms with Gasteiger partial charge in [-0.15, -0.1) is 0 Å². The van der Waals surface area contributed by atoms with Crippen LogP contribution >= 0.6 is 0 Å². The fraction of sp³-hybridized carbons (Fsp3) is 0.355. The molecule has 2 aromatic heterocycles. The summed E-state index contributed by atoms with van der Waals surface area (Å²) in [5.41, 5.74) is 10.1. The molecule has 1 aliphatic carbocycles. The van der Waals surface area contributed by atoms with Crippen LogP contribution in [0.2, 0.25) is 0 Å². The maximum absolute atomic E-state index is 15.5. The number of fused-ring (bicyclic) bond motifs is 1. The van der Waals surface area contributed by atoms with Crippen LogP contribution in [-0.2, 0) is 19.9 Å². The molecule has 1 atom stereocenters. The maximum Gasteiger partial charge on any atom is 0.262 e. The minimum Gasteiger partial charge on any atom is -0.382 e. The van der Waals surface area contributed by atoms with E-state index >= 15 is 4.39 Å². The number of sulfonamides is 1. The third-order valence-corrected chi connectivity index (χ3v) is 10.2. The lowest BCUT2D eigenvalue weighted by Gasteiger charge is -2.24. The molecule has 0 aliphatic heterocycles. The van der Waals surface area contributed by atoms with E-state index in [0.29, 0.717) is 28.9 Å². The molecule has 234 valence electrons. The molecule has 10 nitrogen and oxygen atoms in total. The van der Waals surface area contributed by atoms with E-state index in [0.717, 1.165) is 36.4 Å². The molecule has 0 radical (unpaired) electrons. The van der Waals surface area contributed by atoms with Gasteiger partial charge in [0.2, 0.25) is 0 Å². The zero-order valence-corrected chi connectivity index (χ0v) is 26.8. The van der Waals surface area contributed by atoms with Crippen molar-refractivity contribution < 1.29 is 21.2 Å². The number of hydrogen-bond donors (Lipinski definition) is 3. The van der Waals surface area contributed by atoms with Gasteiger partial charge in [0, 0.05) is 30.3 Å². The van der Waals surface area contributed by atoms with Crippen LogP contribution in [0.15, 0.2) is 59.6 Å². The Morgan fingerprint density at radius 2 is 1.89 bits per heavy atom. The number of halogens is 1. The Balaban J connectivity index is 1.49. The number of allylic oxidation sites excluding steroid dienone is 1. The summed E-state index contributed by atoms with van der Waals surface area (Å²) in [6.45, 7) is 6.11. The van der Waals surface area contributed by atoms with Crippen molar-refractivity contribution in [2.75, 3.05) is 29.0 Å². The molecule has 0 fully saturated rings. The van der Waals surface area contributed by atoms with Crippen molar-refractivity contribution in [1.82, 2.24) is 19.7 Å². The van der Waals surface area contributed by atoms with Gasteiger partial charge in [0.1, 0.15) is 38.5 Å². The Labute approximate surface area is 257 Å². The highest BCUT2D eigenvalue weighted by Crippen LogP contribution is 2.36. The van der Waals surface area contributed by atoms with Gasteiger partial charge in [0.15, 0.2) is 0 Å². The van der Waals surface area contributed by atoms with Crippen LogP contribution in [0, 0.1) is 12.7 Å². The quantitative estimate of drug-likeness (QED) is 0.221. The van der Waals surface area contributed by atoms with Gasteiger partial charge in [-0.05, 0) is 55.5 Å². The molecule has 5 rings (SSSR count). The average molecular weight is 641 g/mol. The number of nitrogens with two attached hydrogens (primary N) is 1. The van der Waals surface area contributed by atoms with E-state index < -0.39 is 25.7 Å². The molecule has 0 saturated heterocycles. The molecule has 0 amide bonds. The van der Waals surface area contributed by atoms with E-state index in [1.165, 1.54) is 24.5 Å². The molecule has 44 heavy (non-hydrogen) atoms. The normalized spacial score (nSPS) is 16.0. The molecule has 13 heteroatoms. The lowest BCUT2D eigenvalue weighted by Crippen LogP contribution is -2.34. The van der Waals surface area contributed by atoms with Crippen molar-refractivity contribution >= 4 is 42.5 Å². The first kappa shape index (κ1) is 31.6. The highest BCUT2D eigenvalue weighted by atomic mass is 32.2. The third kappa shape index (κ3) is 6.64. The number of nitrogen functional groups attached to an aromatic ring is 1. The van der Waals surface area contributed by atoms with Crippen LogP contribution in [0.5, 0.6) is 0 Å². The molecule has 0 spiro atoms. The first-order valence-electron chi connectivity index (χ1n) is 14.4. The lowest BCUT2D eigenvalue weighted by atomic mass is 9.93. The largest absolute Gasteiger partial charge is 0.382 e. The fourth-order valence-electron chi connectivity index (χ4n) is 5.49. The van der Waals surface area contributed by atoms with Crippen molar-refractivity contribution in [1.29, 1.82) is 0 Å². The van der Waals surface area contributed by atoms with Crippen LogP contribution in [0.25, 0.3) is 22.3 Å². The molecule has 2 aromatic carbocycles. The molecule has 4 aromatic rings. The second kappa shape index (κ2) is 12.3. The zero-order chi connectivity index (χ0) is 31.8. The summed E-state index contributed by atoms with van der Waals surface area (Å²) in [4.78, 5) is 9.45. The number of anilines is 2. The number of aryl methyl sites for hydroxylation is 1. The van der Waals surface area contributed by atoms with E-state index in [-0.39, 0.29) is 34.1 Å². The minimum absolute atomic E-state index is 0.00330. The van der Waals surface area contributed by atoms with Crippen LogP contribution in [0.1, 0.15) is 56.1 Å². The van der Waals surface area contributed by atoms with Gasteiger partial charge < -0.3 is 11.1 Å². The van der Waals surface area contributed by atoms with Crippen molar-refractivity contribution in [2.24, 2.45) is 0 Å². The van der Waals surface area contributed by atoms with Crippen LogP contribution in [0.3, 0.4) is 0 Å². The van der Waals surface area contributed by atoms with Gasteiger partial charge in [-0.2, -0.15) is 0 Å². The van der Waals surface area contributed by atoms with Gasteiger partial charge in [0.25, 0.3) is 10.0 Å². The minimum atomic E-state index is -4.00. The molecule has 0 saturated carbocycles. The summed E-state index contributed by atoms with van der Waals surface area (Å²) in [5, 5.41) is 3.33. The summed E-state index contributed by atoms with van der Waals surface area (Å²) >= 11 is 0. The Hall–Kier alpha value is -3.81. The highest BCUT2D eigenvalue weighted by Gasteiger charge is 2.25. The van der Waals surface area contributed by atoms with Crippen molar-refractivity contribution in [3.8, 4) is 11.3 Å². The van der Waals surface area contributed by atoms with Gasteiger partial charge >= 0.3 is 0 Å². The second-order valence-corrected chi connectivity index (χ2v) is 15.4. The zero-order valence-electron chi connectivity index (χ0n) is 25.1. The smallest absolute Gasteiger partial charge is 0.262 e. The predicted octanol–water partition coefficient (Wildman–Crippen LogP) is 4.92. The average Bonchev–Trinajstić information content (AvgIpc) is 3.36. The molecule has 4 N–H and O–H groups in total. The van der Waals surface area contributed by atoms with Crippen molar-refractivity contribution in [3.63, 3.8) is 0 Å². The Morgan fingerprint density at radius 3 is 2.52 bits per heavy atom. The Kier molecular flexibility index (Phi) is 8.83. The van der Waals surface area contributed by atoms with Gasteiger partial charge in [-0.3, -0.25) is 9.12 Å². The molecule has 2 heterocycles. The monoisotopic (exact) mass is 640 g/mol. The molecular weight excluding hydrogens is 604 g/mol. The fourth-order valence-corrected chi connectivity index (χ4v) is 7.29. The van der Waals surface area contributed by atoms with E-state index in [4.69, 9.17) is 10.7 Å². The van der Waals surface area contributed by atoms with Crippen LogP contribution < -0.4 is 15.8 Å². The molecule has 0 bridgehead atoms. The number of rotatable bonds is 10. The summed E-state index contributed by atoms with van der Waals surface area (Å²) < 4.78 is 68.7. The summed E-state index contributed by atoms with van der Waals surface area (Å²) in [7, 11) is -7.03. The molecule has 1 aliphatic rings. The van der Waals surface area contributed by atoms with E-state index in [1.54, 1.807) is 37.4 Å². The van der Waals surface area contributed by atoms with Gasteiger partial charge in [-0.1, -0.05) is 44.2 Å². The van der Waals surface area contributed by atoms with Gasteiger partial charge in [0.05, 0.1) is 28.2 Å². The third-order valence-electron chi connectivity index (χ3n) is 7.74. The summed E-state index contributed by atoms with van der Waals surface area (Å²) in [5.74, 6) is 0.316. The number of nitrogens with one attached hydrogen (secondary N) is 2. The number of benzene rings is 2. The topological polar surface area (TPSA) is 149 Å². The standard InChI is InChI=1S/C31H37FN6O4S2/c1-19(2)31-36-28(22-11-14-25(24(32)17-22)37-44(41,42)27-8-6-5-7-20(27)3)29-30(33)35-18-26(38(29)31)21-9-12-23(13-10-21)34-15-16-43(4,39)40/h5-9,11,14,17-19,23,34,37H,10,12-13,15-16H2,1-4H3,(H2,33,35). The molecule has 1 unspecified atom stereocenters. The number of aromatic nitrogens is 3. The predicted molar refractivity (Wildman–Crippen MR) is 172 cm³/mol. The van der Waals surface area contributed by atoms with E-state index in [1.807, 2.05) is 18.2 Å². The first-order valence-corrected chi connectivity index (χ1v) is 17.9. The van der Waals surface area contributed by atoms with Crippen molar-refractivity contribution in [3.05, 3.63) is 77.6 Å². The lowest BCUT2D eigenvalue weighted by molar-refractivity contribution is 0.491. The maximum atomic E-state index is 15.5.